The standard InChI is InChI=1S/C16H21NO2S/c1-12-4-2-3-5-14(12)15(18)11-17-16(19)10-13-6-8-20-9-7-13/h2-5,10,15,18H,6-9,11H2,1H3,(H,17,19). The maximum Gasteiger partial charge on any atom is 0.244 e. The highest BCUT2D eigenvalue weighted by Crippen LogP contribution is 2.21. The summed E-state index contributed by atoms with van der Waals surface area (Å²) in [5.74, 6) is 2.11. The van der Waals surface area contributed by atoms with Crippen molar-refractivity contribution in [2.45, 2.75) is 25.9 Å². The number of thioether (sulfide) groups is 1. The van der Waals surface area contributed by atoms with E-state index in [1.807, 2.05) is 43.0 Å². The molecule has 0 spiro atoms. The third-order valence-corrected chi connectivity index (χ3v) is 4.47. The summed E-state index contributed by atoms with van der Waals surface area (Å²) >= 11 is 1.93. The van der Waals surface area contributed by atoms with Crippen molar-refractivity contribution in [1.29, 1.82) is 0 Å². The third kappa shape index (κ3) is 4.39. The first kappa shape index (κ1) is 15.1. The van der Waals surface area contributed by atoms with Crippen LogP contribution in [-0.2, 0) is 4.79 Å². The normalized spacial score (nSPS) is 16.6. The largest absolute Gasteiger partial charge is 0.387 e. The average Bonchev–Trinajstić information content (AvgIpc) is 2.46. The number of aliphatic hydroxyl groups excluding tert-OH is 1. The number of allylic oxidation sites excluding steroid dienone is 1. The van der Waals surface area contributed by atoms with Crippen LogP contribution in [0.25, 0.3) is 0 Å². The Morgan fingerprint density at radius 2 is 2.10 bits per heavy atom. The molecule has 1 fully saturated rings. The molecule has 108 valence electrons. The summed E-state index contributed by atoms with van der Waals surface area (Å²) in [5.41, 5.74) is 3.12. The number of carbonyl (C=O) groups excluding carboxylic acids is 1. The van der Waals surface area contributed by atoms with Gasteiger partial charge in [0.1, 0.15) is 0 Å². The Balaban J connectivity index is 1.85. The summed E-state index contributed by atoms with van der Waals surface area (Å²) in [6.45, 7) is 2.21. The van der Waals surface area contributed by atoms with E-state index in [-0.39, 0.29) is 12.5 Å². The van der Waals surface area contributed by atoms with E-state index in [1.54, 1.807) is 6.08 Å². The van der Waals surface area contributed by atoms with Gasteiger partial charge in [-0.05, 0) is 42.4 Å². The highest BCUT2D eigenvalue weighted by Gasteiger charge is 2.12. The Morgan fingerprint density at radius 1 is 1.40 bits per heavy atom. The van der Waals surface area contributed by atoms with Crippen LogP contribution in [0.2, 0.25) is 0 Å². The van der Waals surface area contributed by atoms with Crippen molar-refractivity contribution in [3.8, 4) is 0 Å². The highest BCUT2D eigenvalue weighted by atomic mass is 32.2. The van der Waals surface area contributed by atoms with Crippen molar-refractivity contribution >= 4 is 17.7 Å². The molecule has 1 unspecified atom stereocenters. The number of benzene rings is 1. The smallest absolute Gasteiger partial charge is 0.244 e. The fraction of sp³-hybridized carbons (Fsp3) is 0.438. The number of rotatable bonds is 4. The van der Waals surface area contributed by atoms with E-state index < -0.39 is 6.10 Å². The maximum absolute atomic E-state index is 11.8. The summed E-state index contributed by atoms with van der Waals surface area (Å²) in [4.78, 5) is 11.8. The minimum atomic E-state index is -0.652. The first-order chi connectivity index (χ1) is 9.66. The van der Waals surface area contributed by atoms with Crippen LogP contribution in [0.4, 0.5) is 0 Å². The van der Waals surface area contributed by atoms with E-state index in [0.29, 0.717) is 0 Å². The van der Waals surface area contributed by atoms with Gasteiger partial charge in [0.2, 0.25) is 5.91 Å². The lowest BCUT2D eigenvalue weighted by Gasteiger charge is -2.15. The van der Waals surface area contributed by atoms with Gasteiger partial charge < -0.3 is 10.4 Å². The van der Waals surface area contributed by atoms with E-state index in [1.165, 1.54) is 5.57 Å². The number of carbonyl (C=O) groups is 1. The van der Waals surface area contributed by atoms with Crippen LogP contribution in [0.1, 0.15) is 30.1 Å². The first-order valence-electron chi connectivity index (χ1n) is 6.95. The summed E-state index contributed by atoms with van der Waals surface area (Å²) in [6.07, 6.45) is 3.04. The Bertz CT molecular complexity index is 491. The molecule has 3 nitrogen and oxygen atoms in total. The number of hydrogen-bond acceptors (Lipinski definition) is 3. The molecule has 0 saturated carbocycles. The molecular weight excluding hydrogens is 270 g/mol. The molecule has 1 saturated heterocycles. The molecule has 2 N–H and O–H groups in total. The molecule has 1 aliphatic heterocycles. The van der Waals surface area contributed by atoms with Crippen molar-refractivity contribution in [2.75, 3.05) is 18.1 Å². The van der Waals surface area contributed by atoms with Crippen LogP contribution in [0.3, 0.4) is 0 Å². The zero-order valence-electron chi connectivity index (χ0n) is 11.8. The van der Waals surface area contributed by atoms with Crippen LogP contribution in [0.15, 0.2) is 35.9 Å². The maximum atomic E-state index is 11.8. The molecule has 1 aliphatic rings. The minimum Gasteiger partial charge on any atom is -0.387 e. The van der Waals surface area contributed by atoms with Crippen molar-refractivity contribution in [1.82, 2.24) is 5.32 Å². The van der Waals surface area contributed by atoms with E-state index >= 15 is 0 Å². The molecule has 4 heteroatoms. The van der Waals surface area contributed by atoms with E-state index in [0.717, 1.165) is 35.5 Å². The third-order valence-electron chi connectivity index (χ3n) is 3.49. The van der Waals surface area contributed by atoms with Crippen LogP contribution >= 0.6 is 11.8 Å². The topological polar surface area (TPSA) is 49.3 Å². The van der Waals surface area contributed by atoms with E-state index in [4.69, 9.17) is 0 Å². The number of aryl methyl sites for hydroxylation is 1. The first-order valence-corrected chi connectivity index (χ1v) is 8.11. The van der Waals surface area contributed by atoms with Gasteiger partial charge >= 0.3 is 0 Å². The van der Waals surface area contributed by atoms with E-state index in [2.05, 4.69) is 5.32 Å². The molecular formula is C16H21NO2S. The zero-order valence-corrected chi connectivity index (χ0v) is 12.6. The number of hydrogen-bond donors (Lipinski definition) is 2. The van der Waals surface area contributed by atoms with Gasteiger partial charge in [0.25, 0.3) is 0 Å². The lowest BCUT2D eigenvalue weighted by molar-refractivity contribution is -0.117. The minimum absolute atomic E-state index is 0.0977. The molecule has 0 radical (unpaired) electrons. The Labute approximate surface area is 124 Å². The summed E-state index contributed by atoms with van der Waals surface area (Å²) in [7, 11) is 0. The predicted octanol–water partition coefficient (Wildman–Crippen LogP) is 2.60. The predicted molar refractivity (Wildman–Crippen MR) is 83.8 cm³/mol. The zero-order chi connectivity index (χ0) is 14.4. The lowest BCUT2D eigenvalue weighted by atomic mass is 10.0. The summed E-state index contributed by atoms with van der Waals surface area (Å²) in [5, 5.41) is 12.9. The van der Waals surface area contributed by atoms with Crippen molar-refractivity contribution in [3.05, 3.63) is 47.0 Å². The number of amides is 1. The second-order valence-corrected chi connectivity index (χ2v) is 6.26. The van der Waals surface area contributed by atoms with Crippen molar-refractivity contribution < 1.29 is 9.90 Å². The second-order valence-electron chi connectivity index (χ2n) is 5.03. The van der Waals surface area contributed by atoms with Gasteiger partial charge in [-0.25, -0.2) is 0 Å². The van der Waals surface area contributed by atoms with Gasteiger partial charge in [-0.2, -0.15) is 11.8 Å². The highest BCUT2D eigenvalue weighted by molar-refractivity contribution is 7.99. The van der Waals surface area contributed by atoms with Crippen LogP contribution < -0.4 is 5.32 Å². The SMILES string of the molecule is Cc1ccccc1C(O)CNC(=O)C=C1CCSCC1. The quantitative estimate of drug-likeness (QED) is 0.838. The molecule has 1 aromatic rings. The van der Waals surface area contributed by atoms with Crippen LogP contribution in [0.5, 0.6) is 0 Å². The van der Waals surface area contributed by atoms with E-state index in [9.17, 15) is 9.90 Å². The molecule has 1 aromatic carbocycles. The molecule has 0 aromatic heterocycles. The lowest BCUT2D eigenvalue weighted by Crippen LogP contribution is -2.27. The van der Waals surface area contributed by atoms with Crippen LogP contribution in [-0.4, -0.2) is 29.1 Å². The molecule has 2 rings (SSSR count). The molecule has 0 aliphatic carbocycles. The van der Waals surface area contributed by atoms with Gasteiger partial charge in [-0.15, -0.1) is 0 Å². The fourth-order valence-electron chi connectivity index (χ4n) is 2.28. The van der Waals surface area contributed by atoms with Gasteiger partial charge in [0.05, 0.1) is 6.10 Å². The van der Waals surface area contributed by atoms with Crippen molar-refractivity contribution in [3.63, 3.8) is 0 Å². The molecule has 20 heavy (non-hydrogen) atoms. The molecule has 1 heterocycles. The van der Waals surface area contributed by atoms with Gasteiger partial charge in [0, 0.05) is 12.6 Å². The molecule has 1 atom stereocenters. The van der Waals surface area contributed by atoms with Crippen LogP contribution in [0, 0.1) is 6.92 Å². The number of nitrogens with one attached hydrogen (secondary N) is 1. The Hall–Kier alpha value is -1.26. The molecule has 1 amide bonds. The van der Waals surface area contributed by atoms with Gasteiger partial charge in [-0.1, -0.05) is 29.8 Å². The average molecular weight is 291 g/mol. The van der Waals surface area contributed by atoms with Gasteiger partial charge in [-0.3, -0.25) is 4.79 Å². The van der Waals surface area contributed by atoms with Gasteiger partial charge in [0.15, 0.2) is 0 Å². The summed E-state index contributed by atoms with van der Waals surface area (Å²) in [6, 6.07) is 7.69. The molecule has 0 bridgehead atoms. The summed E-state index contributed by atoms with van der Waals surface area (Å²) < 4.78 is 0. The Kier molecular flexibility index (Phi) is 5.68. The Morgan fingerprint density at radius 3 is 2.80 bits per heavy atom. The second kappa shape index (κ2) is 7.50. The number of aliphatic hydroxyl groups is 1. The van der Waals surface area contributed by atoms with Crippen molar-refractivity contribution in [2.24, 2.45) is 0 Å². The monoisotopic (exact) mass is 291 g/mol. The fourth-order valence-corrected chi connectivity index (χ4v) is 3.30.